The van der Waals surface area contributed by atoms with E-state index < -0.39 is 0 Å². The van der Waals surface area contributed by atoms with Crippen molar-refractivity contribution >= 4 is 11.8 Å². The van der Waals surface area contributed by atoms with Crippen molar-refractivity contribution in [3.63, 3.8) is 0 Å². The molecule has 0 spiro atoms. The van der Waals surface area contributed by atoms with Gasteiger partial charge >= 0.3 is 0 Å². The van der Waals surface area contributed by atoms with E-state index in [1.54, 1.807) is 0 Å². The lowest BCUT2D eigenvalue weighted by Gasteiger charge is -2.11. The minimum absolute atomic E-state index is 0.850. The lowest BCUT2D eigenvalue weighted by Crippen LogP contribution is -2.28. The molecule has 2 fully saturated rings. The number of hydrogen-bond acceptors (Lipinski definition) is 2. The zero-order valence-corrected chi connectivity index (χ0v) is 8.70. The molecule has 0 heterocycles. The van der Waals surface area contributed by atoms with E-state index in [2.05, 4.69) is 11.6 Å². The quantitative estimate of drug-likeness (QED) is 0.721. The summed E-state index contributed by atoms with van der Waals surface area (Å²) in [5.74, 6) is 1.04. The molecule has 2 rings (SSSR count). The van der Waals surface area contributed by atoms with Crippen molar-refractivity contribution in [3.05, 3.63) is 0 Å². The number of thioether (sulfide) groups is 1. The number of rotatable bonds is 4. The van der Waals surface area contributed by atoms with Gasteiger partial charge in [0.2, 0.25) is 0 Å². The van der Waals surface area contributed by atoms with Gasteiger partial charge in [0.15, 0.2) is 0 Å². The van der Waals surface area contributed by atoms with Crippen LogP contribution in [0.5, 0.6) is 0 Å². The van der Waals surface area contributed by atoms with Crippen LogP contribution in [-0.4, -0.2) is 24.1 Å². The molecule has 0 aromatic rings. The van der Waals surface area contributed by atoms with Gasteiger partial charge in [0.1, 0.15) is 0 Å². The molecule has 2 heteroatoms. The summed E-state index contributed by atoms with van der Waals surface area (Å²) in [6, 6.07) is 0.850. The van der Waals surface area contributed by atoms with E-state index in [-0.39, 0.29) is 0 Å². The predicted molar refractivity (Wildman–Crippen MR) is 55.7 cm³/mol. The first-order valence-electron chi connectivity index (χ1n) is 5.14. The molecule has 2 aliphatic carbocycles. The minimum Gasteiger partial charge on any atom is -0.314 e. The summed E-state index contributed by atoms with van der Waals surface area (Å²) in [6.45, 7) is 1.30. The Labute approximate surface area is 79.7 Å². The standard InChI is InChI=1S/C10H19NS/c1-12-10-5-4-9(6-10)11-7-8-2-3-8/h8-11H,2-7H2,1H3. The first kappa shape index (κ1) is 8.89. The molecule has 0 aromatic carbocycles. The van der Waals surface area contributed by atoms with E-state index in [4.69, 9.17) is 0 Å². The number of nitrogens with one attached hydrogen (secondary N) is 1. The van der Waals surface area contributed by atoms with Gasteiger partial charge < -0.3 is 5.32 Å². The van der Waals surface area contributed by atoms with Gasteiger partial charge in [-0.2, -0.15) is 11.8 Å². The molecule has 0 aliphatic heterocycles. The zero-order chi connectivity index (χ0) is 8.39. The van der Waals surface area contributed by atoms with Crippen LogP contribution in [0.1, 0.15) is 32.1 Å². The minimum atomic E-state index is 0.850. The molecular formula is C10H19NS. The van der Waals surface area contributed by atoms with Crippen molar-refractivity contribution in [1.82, 2.24) is 5.32 Å². The van der Waals surface area contributed by atoms with Crippen LogP contribution in [0.4, 0.5) is 0 Å². The van der Waals surface area contributed by atoms with Crippen LogP contribution < -0.4 is 5.32 Å². The molecule has 0 bridgehead atoms. The van der Waals surface area contributed by atoms with Gasteiger partial charge in [-0.25, -0.2) is 0 Å². The van der Waals surface area contributed by atoms with Crippen LogP contribution in [-0.2, 0) is 0 Å². The Morgan fingerprint density at radius 2 is 2.08 bits per heavy atom. The molecule has 2 atom stereocenters. The highest BCUT2D eigenvalue weighted by molar-refractivity contribution is 7.99. The lowest BCUT2D eigenvalue weighted by molar-refractivity contribution is 0.508. The van der Waals surface area contributed by atoms with Crippen LogP contribution in [0.2, 0.25) is 0 Å². The third kappa shape index (κ3) is 2.40. The smallest absolute Gasteiger partial charge is 0.00781 e. The second kappa shape index (κ2) is 4.01. The Bertz CT molecular complexity index is 145. The fourth-order valence-corrected chi connectivity index (χ4v) is 2.79. The Morgan fingerprint density at radius 1 is 1.25 bits per heavy atom. The van der Waals surface area contributed by atoms with Crippen molar-refractivity contribution in [2.75, 3.05) is 12.8 Å². The second-order valence-corrected chi connectivity index (χ2v) is 5.36. The van der Waals surface area contributed by atoms with Crippen molar-refractivity contribution in [2.45, 2.75) is 43.4 Å². The molecule has 2 aliphatic rings. The highest BCUT2D eigenvalue weighted by atomic mass is 32.2. The summed E-state index contributed by atoms with van der Waals surface area (Å²) in [7, 11) is 0. The van der Waals surface area contributed by atoms with E-state index >= 15 is 0 Å². The molecule has 1 N–H and O–H groups in total. The Balaban J connectivity index is 1.61. The molecule has 12 heavy (non-hydrogen) atoms. The van der Waals surface area contributed by atoms with Crippen LogP contribution >= 0.6 is 11.8 Å². The Morgan fingerprint density at radius 3 is 2.67 bits per heavy atom. The molecule has 0 amide bonds. The SMILES string of the molecule is CSC1CCC(NCC2CC2)C1. The zero-order valence-electron chi connectivity index (χ0n) is 7.88. The summed E-state index contributed by atoms with van der Waals surface area (Å²) in [5, 5.41) is 4.64. The Kier molecular flexibility index (Phi) is 2.97. The largest absolute Gasteiger partial charge is 0.314 e. The molecule has 1 nitrogen and oxygen atoms in total. The maximum Gasteiger partial charge on any atom is 0.00781 e. The topological polar surface area (TPSA) is 12.0 Å². The maximum absolute atomic E-state index is 3.69. The van der Waals surface area contributed by atoms with Gasteiger partial charge in [-0.3, -0.25) is 0 Å². The summed E-state index contributed by atoms with van der Waals surface area (Å²) >= 11 is 2.05. The summed E-state index contributed by atoms with van der Waals surface area (Å²) in [6.07, 6.45) is 9.46. The third-order valence-corrected chi connectivity index (χ3v) is 4.20. The van der Waals surface area contributed by atoms with Crippen molar-refractivity contribution in [3.8, 4) is 0 Å². The van der Waals surface area contributed by atoms with Crippen molar-refractivity contribution in [1.29, 1.82) is 0 Å². The average molecular weight is 185 g/mol. The summed E-state index contributed by atoms with van der Waals surface area (Å²) in [4.78, 5) is 0. The monoisotopic (exact) mass is 185 g/mol. The van der Waals surface area contributed by atoms with E-state index in [0.29, 0.717) is 0 Å². The van der Waals surface area contributed by atoms with Gasteiger partial charge in [-0.1, -0.05) is 0 Å². The molecular weight excluding hydrogens is 166 g/mol. The first-order chi connectivity index (χ1) is 5.88. The van der Waals surface area contributed by atoms with E-state index in [1.165, 1.54) is 38.6 Å². The van der Waals surface area contributed by atoms with Crippen molar-refractivity contribution < 1.29 is 0 Å². The molecule has 70 valence electrons. The highest BCUT2D eigenvalue weighted by Gasteiger charge is 2.26. The highest BCUT2D eigenvalue weighted by Crippen LogP contribution is 2.31. The van der Waals surface area contributed by atoms with Crippen LogP contribution in [0.3, 0.4) is 0 Å². The maximum atomic E-state index is 3.69. The van der Waals surface area contributed by atoms with Gasteiger partial charge in [0, 0.05) is 11.3 Å². The Hall–Kier alpha value is 0.310. The summed E-state index contributed by atoms with van der Waals surface area (Å²) in [5.41, 5.74) is 0. The van der Waals surface area contributed by atoms with Gasteiger partial charge in [-0.05, 0) is 50.8 Å². The normalized spacial score (nSPS) is 35.8. The molecule has 0 aromatic heterocycles. The van der Waals surface area contributed by atoms with Crippen LogP contribution in [0.25, 0.3) is 0 Å². The first-order valence-corrected chi connectivity index (χ1v) is 6.43. The van der Waals surface area contributed by atoms with Crippen LogP contribution in [0.15, 0.2) is 0 Å². The number of hydrogen-bond donors (Lipinski definition) is 1. The van der Waals surface area contributed by atoms with Gasteiger partial charge in [-0.15, -0.1) is 0 Å². The molecule has 2 unspecified atom stereocenters. The van der Waals surface area contributed by atoms with E-state index in [1.807, 2.05) is 11.8 Å². The molecule has 2 saturated carbocycles. The van der Waals surface area contributed by atoms with Crippen LogP contribution in [0, 0.1) is 5.92 Å². The fourth-order valence-electron chi connectivity index (χ4n) is 1.99. The predicted octanol–water partition coefficient (Wildman–Crippen LogP) is 2.27. The third-order valence-electron chi connectivity index (χ3n) is 3.11. The van der Waals surface area contributed by atoms with Gasteiger partial charge in [0.05, 0.1) is 0 Å². The van der Waals surface area contributed by atoms with Gasteiger partial charge in [0.25, 0.3) is 0 Å². The summed E-state index contributed by atoms with van der Waals surface area (Å²) < 4.78 is 0. The average Bonchev–Trinajstić information content (AvgIpc) is 2.81. The van der Waals surface area contributed by atoms with Crippen molar-refractivity contribution in [2.24, 2.45) is 5.92 Å². The van der Waals surface area contributed by atoms with E-state index in [9.17, 15) is 0 Å². The lowest BCUT2D eigenvalue weighted by atomic mass is 10.2. The molecule has 0 radical (unpaired) electrons. The second-order valence-electron chi connectivity index (χ2n) is 4.22. The van der Waals surface area contributed by atoms with E-state index in [0.717, 1.165) is 17.2 Å². The fraction of sp³-hybridized carbons (Fsp3) is 1.00. The molecule has 0 saturated heterocycles.